The van der Waals surface area contributed by atoms with E-state index in [0.717, 1.165) is 30.2 Å². The van der Waals surface area contributed by atoms with Crippen LogP contribution >= 0.6 is 0 Å². The number of nitrogens with zero attached hydrogens (tertiary/aromatic N) is 1. The molecule has 1 aliphatic heterocycles. The van der Waals surface area contributed by atoms with E-state index in [2.05, 4.69) is 18.7 Å². The first-order valence-electron chi connectivity index (χ1n) is 7.20. The van der Waals surface area contributed by atoms with Crippen molar-refractivity contribution in [3.8, 4) is 11.5 Å². The fourth-order valence-electron chi connectivity index (χ4n) is 2.96. The van der Waals surface area contributed by atoms with Gasteiger partial charge in [0, 0.05) is 29.8 Å². The molecule has 0 aliphatic carbocycles. The van der Waals surface area contributed by atoms with Gasteiger partial charge in [0.15, 0.2) is 0 Å². The molecule has 1 saturated heterocycles. The SMILES string of the molecule is COc1ccc(C(N)CN2CCCC2(C)C)c(OC)c1. The number of nitrogens with two attached hydrogens (primary N) is 1. The predicted molar refractivity (Wildman–Crippen MR) is 81.4 cm³/mol. The van der Waals surface area contributed by atoms with Crippen LogP contribution in [0.2, 0.25) is 0 Å². The molecular formula is C16H26N2O2. The van der Waals surface area contributed by atoms with Crippen molar-refractivity contribution >= 4 is 0 Å². The first-order valence-corrected chi connectivity index (χ1v) is 7.20. The van der Waals surface area contributed by atoms with E-state index in [1.807, 2.05) is 18.2 Å². The second-order valence-corrected chi connectivity index (χ2v) is 6.08. The van der Waals surface area contributed by atoms with E-state index < -0.39 is 0 Å². The third-order valence-electron chi connectivity index (χ3n) is 4.33. The lowest BCUT2D eigenvalue weighted by Crippen LogP contribution is -2.42. The Balaban J connectivity index is 2.14. The maximum Gasteiger partial charge on any atom is 0.127 e. The summed E-state index contributed by atoms with van der Waals surface area (Å²) in [5.41, 5.74) is 7.69. The van der Waals surface area contributed by atoms with Crippen LogP contribution in [0.15, 0.2) is 18.2 Å². The predicted octanol–water partition coefficient (Wildman–Crippen LogP) is 2.58. The molecule has 0 amide bonds. The minimum absolute atomic E-state index is 0.0479. The van der Waals surface area contributed by atoms with Crippen molar-refractivity contribution < 1.29 is 9.47 Å². The van der Waals surface area contributed by atoms with Crippen molar-refractivity contribution in [3.63, 3.8) is 0 Å². The van der Waals surface area contributed by atoms with Crippen LogP contribution in [0.25, 0.3) is 0 Å². The van der Waals surface area contributed by atoms with Gasteiger partial charge in [0.05, 0.1) is 14.2 Å². The molecule has 112 valence electrons. The summed E-state index contributed by atoms with van der Waals surface area (Å²) in [6.45, 7) is 6.56. The summed E-state index contributed by atoms with van der Waals surface area (Å²) in [5.74, 6) is 1.59. The van der Waals surface area contributed by atoms with E-state index in [1.165, 1.54) is 12.8 Å². The highest BCUT2D eigenvalue weighted by molar-refractivity contribution is 5.42. The van der Waals surface area contributed by atoms with Gasteiger partial charge >= 0.3 is 0 Å². The van der Waals surface area contributed by atoms with Gasteiger partial charge in [0.2, 0.25) is 0 Å². The van der Waals surface area contributed by atoms with Crippen LogP contribution < -0.4 is 15.2 Å². The van der Waals surface area contributed by atoms with Crippen LogP contribution in [0, 0.1) is 0 Å². The standard InChI is InChI=1S/C16H26N2O2/c1-16(2)8-5-9-18(16)11-14(17)13-7-6-12(19-3)10-15(13)20-4/h6-7,10,14H,5,8-9,11,17H2,1-4H3. The quantitative estimate of drug-likeness (QED) is 0.899. The zero-order chi connectivity index (χ0) is 14.8. The normalized spacial score (nSPS) is 19.9. The number of ether oxygens (including phenoxy) is 2. The van der Waals surface area contributed by atoms with Gasteiger partial charge in [-0.15, -0.1) is 0 Å². The zero-order valence-electron chi connectivity index (χ0n) is 13.0. The average Bonchev–Trinajstić information content (AvgIpc) is 2.77. The van der Waals surface area contributed by atoms with Crippen molar-refractivity contribution in [2.75, 3.05) is 27.3 Å². The summed E-state index contributed by atoms with van der Waals surface area (Å²) in [7, 11) is 3.33. The third-order valence-corrected chi connectivity index (χ3v) is 4.33. The largest absolute Gasteiger partial charge is 0.497 e. The molecule has 1 atom stereocenters. The van der Waals surface area contributed by atoms with Gasteiger partial charge < -0.3 is 15.2 Å². The van der Waals surface area contributed by atoms with Gasteiger partial charge in [-0.1, -0.05) is 6.07 Å². The molecule has 0 radical (unpaired) electrons. The van der Waals surface area contributed by atoms with Gasteiger partial charge in [-0.25, -0.2) is 0 Å². The number of hydrogen-bond acceptors (Lipinski definition) is 4. The molecule has 1 aromatic carbocycles. The summed E-state index contributed by atoms with van der Waals surface area (Å²) in [6.07, 6.45) is 2.49. The molecule has 2 N–H and O–H groups in total. The van der Waals surface area contributed by atoms with Crippen LogP contribution in [-0.2, 0) is 0 Å². The van der Waals surface area contributed by atoms with Gasteiger partial charge in [0.25, 0.3) is 0 Å². The third kappa shape index (κ3) is 3.07. The highest BCUT2D eigenvalue weighted by Crippen LogP contribution is 2.33. The lowest BCUT2D eigenvalue weighted by molar-refractivity contribution is 0.164. The van der Waals surface area contributed by atoms with Crippen molar-refractivity contribution in [2.24, 2.45) is 5.73 Å². The monoisotopic (exact) mass is 278 g/mol. The molecule has 4 nitrogen and oxygen atoms in total. The molecule has 0 aromatic heterocycles. The molecule has 1 fully saturated rings. The summed E-state index contributed by atoms with van der Waals surface area (Å²) in [6, 6.07) is 5.79. The summed E-state index contributed by atoms with van der Waals surface area (Å²) in [4.78, 5) is 2.47. The van der Waals surface area contributed by atoms with Crippen molar-refractivity contribution in [2.45, 2.75) is 38.3 Å². The smallest absolute Gasteiger partial charge is 0.127 e. The Morgan fingerprint density at radius 3 is 2.60 bits per heavy atom. The molecular weight excluding hydrogens is 252 g/mol. The Morgan fingerprint density at radius 1 is 1.30 bits per heavy atom. The van der Waals surface area contributed by atoms with Gasteiger partial charge in [-0.3, -0.25) is 4.90 Å². The number of rotatable bonds is 5. The van der Waals surface area contributed by atoms with E-state index in [9.17, 15) is 0 Å². The number of benzene rings is 1. The molecule has 0 saturated carbocycles. The van der Waals surface area contributed by atoms with E-state index >= 15 is 0 Å². The first kappa shape index (κ1) is 15.1. The topological polar surface area (TPSA) is 47.7 Å². The average molecular weight is 278 g/mol. The van der Waals surface area contributed by atoms with Gasteiger partial charge in [-0.2, -0.15) is 0 Å². The van der Waals surface area contributed by atoms with Gasteiger partial charge in [-0.05, 0) is 39.3 Å². The van der Waals surface area contributed by atoms with E-state index in [4.69, 9.17) is 15.2 Å². The lowest BCUT2D eigenvalue weighted by atomic mass is 10.00. The molecule has 20 heavy (non-hydrogen) atoms. The number of methoxy groups -OCH3 is 2. The van der Waals surface area contributed by atoms with Crippen molar-refractivity contribution in [3.05, 3.63) is 23.8 Å². The van der Waals surface area contributed by atoms with E-state index in [0.29, 0.717) is 0 Å². The summed E-state index contributed by atoms with van der Waals surface area (Å²) < 4.78 is 10.7. The number of likely N-dealkylation sites (tertiary alicyclic amines) is 1. The van der Waals surface area contributed by atoms with Crippen LogP contribution in [0.4, 0.5) is 0 Å². The molecule has 1 aromatic rings. The molecule has 0 bridgehead atoms. The second-order valence-electron chi connectivity index (χ2n) is 6.08. The van der Waals surface area contributed by atoms with Crippen LogP contribution in [0.1, 0.15) is 38.3 Å². The maximum atomic E-state index is 6.40. The first-order chi connectivity index (χ1) is 9.47. The van der Waals surface area contributed by atoms with Crippen LogP contribution in [-0.4, -0.2) is 37.7 Å². The lowest BCUT2D eigenvalue weighted by Gasteiger charge is -2.33. The summed E-state index contributed by atoms with van der Waals surface area (Å²) in [5, 5.41) is 0. The van der Waals surface area contributed by atoms with Crippen molar-refractivity contribution in [1.29, 1.82) is 0 Å². The Labute approximate surface area is 121 Å². The summed E-state index contributed by atoms with van der Waals surface area (Å²) >= 11 is 0. The fraction of sp³-hybridized carbons (Fsp3) is 0.625. The Kier molecular flexibility index (Phi) is 4.55. The van der Waals surface area contributed by atoms with Crippen LogP contribution in [0.5, 0.6) is 11.5 Å². The Morgan fingerprint density at radius 2 is 2.05 bits per heavy atom. The second kappa shape index (κ2) is 6.02. The highest BCUT2D eigenvalue weighted by Gasteiger charge is 2.33. The highest BCUT2D eigenvalue weighted by atomic mass is 16.5. The maximum absolute atomic E-state index is 6.40. The molecule has 1 unspecified atom stereocenters. The minimum Gasteiger partial charge on any atom is -0.497 e. The number of hydrogen-bond donors (Lipinski definition) is 1. The molecule has 1 heterocycles. The Hall–Kier alpha value is -1.26. The zero-order valence-corrected chi connectivity index (χ0v) is 13.0. The van der Waals surface area contributed by atoms with Crippen molar-refractivity contribution in [1.82, 2.24) is 4.90 Å². The molecule has 4 heteroatoms. The van der Waals surface area contributed by atoms with E-state index in [-0.39, 0.29) is 11.6 Å². The molecule has 1 aliphatic rings. The van der Waals surface area contributed by atoms with E-state index in [1.54, 1.807) is 14.2 Å². The fourth-order valence-corrected chi connectivity index (χ4v) is 2.96. The Bertz CT molecular complexity index is 460. The minimum atomic E-state index is -0.0479. The van der Waals surface area contributed by atoms with Gasteiger partial charge in [0.1, 0.15) is 11.5 Å². The molecule has 2 rings (SSSR count). The molecule has 0 spiro atoms. The van der Waals surface area contributed by atoms with Crippen LogP contribution in [0.3, 0.4) is 0 Å².